The van der Waals surface area contributed by atoms with Crippen LogP contribution in [0.1, 0.15) is 22.3 Å². The molecule has 0 aliphatic rings. The van der Waals surface area contributed by atoms with Crippen LogP contribution in [0.25, 0.3) is 22.0 Å². The highest BCUT2D eigenvalue weighted by Gasteiger charge is 2.15. The van der Waals surface area contributed by atoms with Crippen LogP contribution in [0, 0.1) is 0 Å². The Labute approximate surface area is 196 Å². The molecule has 7 heteroatoms. The van der Waals surface area contributed by atoms with Gasteiger partial charge in [0.05, 0.1) is 0 Å². The van der Waals surface area contributed by atoms with Gasteiger partial charge in [-0.3, -0.25) is 9.78 Å². The third-order valence-electron chi connectivity index (χ3n) is 5.36. The van der Waals surface area contributed by atoms with Crippen LogP contribution in [0.2, 0.25) is 0 Å². The van der Waals surface area contributed by atoms with Crippen LogP contribution in [0.3, 0.4) is 0 Å². The summed E-state index contributed by atoms with van der Waals surface area (Å²) in [6.07, 6.45) is 3.24. The van der Waals surface area contributed by atoms with E-state index in [1.165, 1.54) is 11.6 Å². The number of aryl methyl sites for hydroxylation is 1. The maximum Gasteiger partial charge on any atom is 0.341 e. The van der Waals surface area contributed by atoms with Gasteiger partial charge in [0.2, 0.25) is 0 Å². The van der Waals surface area contributed by atoms with Gasteiger partial charge < -0.3 is 20.3 Å². The molecule has 0 fully saturated rings. The van der Waals surface area contributed by atoms with Crippen LogP contribution in [0.5, 0.6) is 11.5 Å². The van der Waals surface area contributed by atoms with E-state index in [0.29, 0.717) is 28.8 Å². The molecule has 7 nitrogen and oxygen atoms in total. The molecule has 0 saturated heterocycles. The fraction of sp³-hybridized carbons (Fsp3) is 0.148. The summed E-state index contributed by atoms with van der Waals surface area (Å²) >= 11 is 0. The molecule has 3 N–H and O–H groups in total. The summed E-state index contributed by atoms with van der Waals surface area (Å²) in [7, 11) is 0. The van der Waals surface area contributed by atoms with Gasteiger partial charge in [-0.1, -0.05) is 36.4 Å². The van der Waals surface area contributed by atoms with Gasteiger partial charge in [0.1, 0.15) is 17.0 Å². The molecule has 0 radical (unpaired) electrons. The molecule has 0 bridgehead atoms. The minimum absolute atomic E-state index is 0.00230. The molecule has 0 unspecified atom stereocenters. The van der Waals surface area contributed by atoms with Crippen molar-refractivity contribution in [2.24, 2.45) is 0 Å². The summed E-state index contributed by atoms with van der Waals surface area (Å²) in [5, 5.41) is 23.1. The second kappa shape index (κ2) is 10.5. The van der Waals surface area contributed by atoms with Crippen molar-refractivity contribution >= 4 is 22.8 Å². The largest absolute Gasteiger partial charge is 0.506 e. The van der Waals surface area contributed by atoms with Gasteiger partial charge in [-0.15, -0.1) is 0 Å². The highest BCUT2D eigenvalue weighted by molar-refractivity contribution is 5.96. The maximum atomic E-state index is 12.7. The van der Waals surface area contributed by atoms with Crippen molar-refractivity contribution in [2.75, 3.05) is 13.2 Å². The van der Waals surface area contributed by atoms with Gasteiger partial charge >= 0.3 is 5.97 Å². The Morgan fingerprint density at radius 3 is 2.59 bits per heavy atom. The number of ether oxygens (including phenoxy) is 1. The molecule has 1 heterocycles. The predicted octanol–water partition coefficient (Wildman–Crippen LogP) is 4.43. The topological polar surface area (TPSA) is 109 Å². The number of amides is 1. The van der Waals surface area contributed by atoms with Crippen LogP contribution < -0.4 is 10.1 Å². The van der Waals surface area contributed by atoms with E-state index < -0.39 is 12.6 Å². The average molecular weight is 456 g/mol. The van der Waals surface area contributed by atoms with E-state index in [9.17, 15) is 14.7 Å². The summed E-state index contributed by atoms with van der Waals surface area (Å²) in [6.45, 7) is -0.0530. The first kappa shape index (κ1) is 22.8. The normalized spacial score (nSPS) is 10.7. The molecular weight excluding hydrogens is 432 g/mol. The average Bonchev–Trinajstić information content (AvgIpc) is 2.85. The first-order valence-corrected chi connectivity index (χ1v) is 10.9. The number of hydrogen-bond acceptors (Lipinski definition) is 5. The molecule has 0 atom stereocenters. The van der Waals surface area contributed by atoms with E-state index >= 15 is 0 Å². The third-order valence-corrected chi connectivity index (χ3v) is 5.36. The zero-order chi connectivity index (χ0) is 23.9. The number of carbonyl (C=O) groups is 2. The third kappa shape index (κ3) is 5.50. The highest BCUT2D eigenvalue weighted by Crippen LogP contribution is 2.36. The number of rotatable bonds is 9. The molecule has 1 aromatic heterocycles. The molecule has 1 amide bonds. The van der Waals surface area contributed by atoms with E-state index in [-0.39, 0.29) is 17.4 Å². The van der Waals surface area contributed by atoms with E-state index in [4.69, 9.17) is 9.84 Å². The lowest BCUT2D eigenvalue weighted by atomic mass is 10.00. The number of fused-ring (bicyclic) bond motifs is 1. The van der Waals surface area contributed by atoms with Gasteiger partial charge in [-0.25, -0.2) is 4.79 Å². The van der Waals surface area contributed by atoms with Gasteiger partial charge in [-0.05, 0) is 60.4 Å². The number of aromatic nitrogens is 1. The summed E-state index contributed by atoms with van der Waals surface area (Å²) < 4.78 is 5.50. The number of nitrogens with one attached hydrogen (secondary N) is 1. The molecular formula is C27H24N2O5. The Morgan fingerprint density at radius 2 is 1.79 bits per heavy atom. The van der Waals surface area contributed by atoms with Crippen LogP contribution in [0.15, 0.2) is 79.0 Å². The molecule has 3 aromatic carbocycles. The van der Waals surface area contributed by atoms with Crippen molar-refractivity contribution in [3.05, 3.63) is 90.1 Å². The van der Waals surface area contributed by atoms with E-state index in [1.54, 1.807) is 30.5 Å². The number of aromatic hydroxyl groups is 1. The van der Waals surface area contributed by atoms with Crippen LogP contribution in [0.4, 0.5) is 0 Å². The fourth-order valence-corrected chi connectivity index (χ4v) is 3.73. The van der Waals surface area contributed by atoms with Gasteiger partial charge in [0, 0.05) is 29.3 Å². The lowest BCUT2D eigenvalue weighted by Gasteiger charge is -2.14. The molecule has 34 heavy (non-hydrogen) atoms. The summed E-state index contributed by atoms with van der Waals surface area (Å²) in [6, 6.07) is 21.9. The lowest BCUT2D eigenvalue weighted by molar-refractivity contribution is -0.139. The highest BCUT2D eigenvalue weighted by atomic mass is 16.5. The van der Waals surface area contributed by atoms with E-state index in [0.717, 1.165) is 18.2 Å². The van der Waals surface area contributed by atoms with Crippen molar-refractivity contribution in [3.63, 3.8) is 0 Å². The van der Waals surface area contributed by atoms with Crippen molar-refractivity contribution in [2.45, 2.75) is 12.8 Å². The Balaban J connectivity index is 1.54. The predicted molar refractivity (Wildman–Crippen MR) is 129 cm³/mol. The first-order chi connectivity index (χ1) is 16.5. The SMILES string of the molecule is O=C(O)COc1cc(C(=O)NCCCc2ccccc2)ccc1-c1cc(O)c2ncccc2c1. The van der Waals surface area contributed by atoms with Crippen LogP contribution in [-0.2, 0) is 11.2 Å². The molecule has 4 rings (SSSR count). The maximum absolute atomic E-state index is 12.7. The molecule has 4 aromatic rings. The van der Waals surface area contributed by atoms with Crippen molar-refractivity contribution in [1.82, 2.24) is 10.3 Å². The van der Waals surface area contributed by atoms with Crippen molar-refractivity contribution < 1.29 is 24.5 Å². The number of benzene rings is 3. The monoisotopic (exact) mass is 456 g/mol. The summed E-state index contributed by atoms with van der Waals surface area (Å²) in [5.41, 5.74) is 3.21. The zero-order valence-electron chi connectivity index (χ0n) is 18.4. The smallest absolute Gasteiger partial charge is 0.341 e. The molecule has 172 valence electrons. The van der Waals surface area contributed by atoms with E-state index in [2.05, 4.69) is 10.3 Å². The Bertz CT molecular complexity index is 1320. The number of aliphatic carboxylic acids is 1. The number of carboxylic acids is 1. The summed E-state index contributed by atoms with van der Waals surface area (Å²) in [4.78, 5) is 28.0. The minimum Gasteiger partial charge on any atom is -0.506 e. The minimum atomic E-state index is -1.13. The second-order valence-electron chi connectivity index (χ2n) is 7.81. The number of phenolic OH excluding ortho intramolecular Hbond substituents is 1. The number of hydrogen-bond donors (Lipinski definition) is 3. The number of nitrogens with zero attached hydrogens (tertiary/aromatic N) is 1. The van der Waals surface area contributed by atoms with Gasteiger partial charge in [0.25, 0.3) is 5.91 Å². The van der Waals surface area contributed by atoms with Crippen molar-refractivity contribution in [1.29, 1.82) is 0 Å². The van der Waals surface area contributed by atoms with Gasteiger partial charge in [0.15, 0.2) is 6.61 Å². The number of carbonyl (C=O) groups excluding carboxylic acids is 1. The number of phenols is 1. The molecule has 0 aliphatic heterocycles. The second-order valence-corrected chi connectivity index (χ2v) is 7.81. The Kier molecular flexibility index (Phi) is 7.03. The molecule has 0 saturated carbocycles. The zero-order valence-corrected chi connectivity index (χ0v) is 18.4. The van der Waals surface area contributed by atoms with Crippen LogP contribution >= 0.6 is 0 Å². The lowest BCUT2D eigenvalue weighted by Crippen LogP contribution is -2.24. The number of pyridine rings is 1. The molecule has 0 aliphatic carbocycles. The van der Waals surface area contributed by atoms with Crippen molar-refractivity contribution in [3.8, 4) is 22.6 Å². The standard InChI is InChI=1S/C27H24N2O5/c30-23-15-21(14-19-9-5-12-28-26(19)23)22-11-10-20(16-24(22)34-17-25(31)32)27(33)29-13-4-8-18-6-2-1-3-7-18/h1-3,5-7,9-12,14-16,30H,4,8,13,17H2,(H,29,33)(H,31,32). The fourth-order valence-electron chi connectivity index (χ4n) is 3.73. The Hall–Kier alpha value is -4.39. The van der Waals surface area contributed by atoms with Crippen LogP contribution in [-0.4, -0.2) is 40.2 Å². The molecule has 0 spiro atoms. The van der Waals surface area contributed by atoms with Gasteiger partial charge in [-0.2, -0.15) is 0 Å². The first-order valence-electron chi connectivity index (χ1n) is 10.9. The Morgan fingerprint density at radius 1 is 0.971 bits per heavy atom. The number of carboxylic acid groups (broad SMARTS) is 1. The van der Waals surface area contributed by atoms with E-state index in [1.807, 2.05) is 42.5 Å². The summed E-state index contributed by atoms with van der Waals surface area (Å²) in [5.74, 6) is -1.17. The quantitative estimate of drug-likeness (QED) is 0.322.